The Bertz CT molecular complexity index is 6010. The molecule has 0 bridgehead atoms. The Morgan fingerprint density at radius 3 is 0.931 bits per heavy atom. The maximum absolute atomic E-state index is 14.3. The summed E-state index contributed by atoms with van der Waals surface area (Å²) in [5.41, 5.74) is -4.96. The van der Waals surface area contributed by atoms with Crippen molar-refractivity contribution in [3.05, 3.63) is 326 Å². The van der Waals surface area contributed by atoms with E-state index in [2.05, 4.69) is 30.6 Å². The van der Waals surface area contributed by atoms with Gasteiger partial charge in [-0.1, -0.05) is 193 Å². The van der Waals surface area contributed by atoms with E-state index in [0.29, 0.717) is 22.4 Å². The molecule has 7 nitrogen and oxygen atoms in total. The van der Waals surface area contributed by atoms with E-state index in [-0.39, 0.29) is 49.9 Å². The number of nitriles is 5. The Morgan fingerprint density at radius 1 is 0.252 bits per heavy atom. The third-order valence-corrected chi connectivity index (χ3v) is 18.3. The molecular formula is C99H96F25N7. The van der Waals surface area contributed by atoms with Crippen LogP contribution in [-0.4, -0.2) is 4.98 Å². The number of benzene rings is 9. The lowest BCUT2D eigenvalue weighted by Gasteiger charge is -2.22. The van der Waals surface area contributed by atoms with Gasteiger partial charge in [0.2, 0.25) is 5.82 Å². The van der Waals surface area contributed by atoms with Crippen molar-refractivity contribution in [2.45, 2.75) is 236 Å². The summed E-state index contributed by atoms with van der Waals surface area (Å²) in [6, 6.07) is 26.0. The highest BCUT2D eigenvalue weighted by Gasteiger charge is 2.37. The van der Waals surface area contributed by atoms with E-state index in [0.717, 1.165) is 53.7 Å². The molecule has 10 aromatic rings. The predicted octanol–water partition coefficient (Wildman–Crippen LogP) is 30.8. The molecule has 9 aromatic carbocycles. The van der Waals surface area contributed by atoms with Crippen molar-refractivity contribution < 1.29 is 110 Å². The summed E-state index contributed by atoms with van der Waals surface area (Å²) in [5, 5.41) is 39.4. The molecule has 10 rings (SSSR count). The van der Waals surface area contributed by atoms with Gasteiger partial charge in [0, 0.05) is 51.7 Å². The van der Waals surface area contributed by atoms with Gasteiger partial charge in [-0.05, 0) is 132 Å². The minimum absolute atomic E-state index is 0.00741. The molecule has 0 N–H and O–H groups in total. The SMILES string of the molecule is CC(C)(C)c1c(F)c(F)c(C#N)c(F)c1F.CC(C)(C)c1c(F)c(F)c(F)c(F)c1F.CC(C)(C)c1c(F)c(F)c2c(F)c(F)c(F)c(F)c2c1F.CC(C)(C)c1c(F)cc(C#N)cc1F.CC(C)(C)c1cc(C#N)c(F)cc1F.CC(C)(C)c1cc(F)c(C#N)cc1F.CC(C)(C)c1cc(F)cc(F)c1.CC(C)(C)c1ccc(C#N)cn1.[C-]#[N+]c1cc(F)ccc1C(C)(C)C. The third kappa shape index (κ3) is 30.1. The number of fused-ring (bicyclic) bond motifs is 1. The Labute approximate surface area is 746 Å². The molecule has 0 saturated heterocycles. The molecule has 0 saturated carbocycles. The third-order valence-electron chi connectivity index (χ3n) is 18.3. The monoisotopic (exact) mass is 1860 g/mol. The van der Waals surface area contributed by atoms with Gasteiger partial charge in [-0.15, -0.1) is 0 Å². The molecule has 0 fully saturated rings. The molecule has 0 radical (unpaired) electrons. The van der Waals surface area contributed by atoms with E-state index in [1.807, 2.05) is 74.4 Å². The maximum Gasteiger partial charge on any atom is 0.200 e. The van der Waals surface area contributed by atoms with E-state index in [1.54, 1.807) is 78.1 Å². The molecule has 0 aliphatic rings. The van der Waals surface area contributed by atoms with Gasteiger partial charge in [0.15, 0.2) is 87.1 Å². The number of nitrogens with zero attached hydrogens (tertiary/aromatic N) is 7. The standard InChI is InChI=1S/C14H9F7.C11H9F4N.3C11H11F2N.C11H12FN.C10H9F5.C10H12F2.C10H12N2/c1-14(2,3)6-7(15)4-5(8(16)11(6)19)10(18)13(21)12(20)9(4)17;1-11(2,3)6-9(14)7(12)5(4-16)8(13)10(6)15;1-11(2,3)8-5-9(12)7(6-14)4-10(8)13;1-11(2,3)8-4-7(6-14)9(12)5-10(8)13;1-11(2,3)10-8(12)4-7(6-14)5-9(10)13;1-11(2,3)9-6-5-8(12)7-10(9)13-4;1-10(2,3)4-5(11)7(13)9(15)8(14)6(4)12;1-10(2,3)7-4-8(11)6-9(12)5-7;1-10(2,3)9-5-4-8(6-11)7-12-9/h1-3H3;1-3H3;3*4-5H,1-3H3;5-7H,1-3H3;1-3H3;4-6H,1-3H3;4-5,7H,1-3H3. The molecule has 0 atom stereocenters. The Balaban J connectivity index is 0.000000501. The Kier molecular flexibility index (Phi) is 38.9. The fraction of sp³-hybridized carbons (Fsp3) is 0.364. The quantitative estimate of drug-likeness (QED) is 0.0642. The number of aromatic nitrogens is 1. The molecule has 32 heteroatoms. The van der Waals surface area contributed by atoms with E-state index >= 15 is 0 Å². The molecule has 1 heterocycles. The smallest absolute Gasteiger partial charge is 0.200 e. The van der Waals surface area contributed by atoms with Crippen molar-refractivity contribution in [1.29, 1.82) is 26.3 Å². The molecule has 0 spiro atoms. The molecule has 131 heavy (non-hydrogen) atoms. The number of hydrogen-bond donors (Lipinski definition) is 0. The number of halogens is 25. The van der Waals surface area contributed by atoms with Gasteiger partial charge < -0.3 is 0 Å². The van der Waals surface area contributed by atoms with Gasteiger partial charge in [0.25, 0.3) is 0 Å². The Morgan fingerprint density at radius 2 is 0.588 bits per heavy atom. The lowest BCUT2D eigenvalue weighted by atomic mass is 9.84. The van der Waals surface area contributed by atoms with Crippen molar-refractivity contribution in [1.82, 2.24) is 4.98 Å². The summed E-state index contributed by atoms with van der Waals surface area (Å²) >= 11 is 0. The van der Waals surface area contributed by atoms with Crippen LogP contribution in [0.4, 0.5) is 115 Å². The van der Waals surface area contributed by atoms with Crippen LogP contribution in [0.3, 0.4) is 0 Å². The minimum atomic E-state index is -2.33. The molecule has 0 aliphatic heterocycles. The second-order valence-electron chi connectivity index (χ2n) is 38.4. The maximum atomic E-state index is 14.3. The summed E-state index contributed by atoms with van der Waals surface area (Å²) in [6.07, 6.45) is 1.61. The lowest BCUT2D eigenvalue weighted by molar-refractivity contribution is 0.353. The number of rotatable bonds is 0. The second-order valence-corrected chi connectivity index (χ2v) is 38.4. The summed E-state index contributed by atoms with van der Waals surface area (Å²) in [6.45, 7) is 53.2. The van der Waals surface area contributed by atoms with Crippen LogP contribution in [0.25, 0.3) is 15.6 Å². The highest BCUT2D eigenvalue weighted by molar-refractivity contribution is 5.86. The van der Waals surface area contributed by atoms with Gasteiger partial charge in [0.1, 0.15) is 88.0 Å². The normalized spacial score (nSPS) is 11.5. The zero-order valence-corrected chi connectivity index (χ0v) is 76.7. The molecule has 0 amide bonds. The van der Waals surface area contributed by atoms with Crippen molar-refractivity contribution in [3.63, 3.8) is 0 Å². The molecule has 0 aliphatic carbocycles. The van der Waals surface area contributed by atoms with E-state index in [1.165, 1.54) is 92.6 Å². The fourth-order valence-electron chi connectivity index (χ4n) is 11.7. The van der Waals surface area contributed by atoms with E-state index in [9.17, 15) is 110 Å². The first-order chi connectivity index (χ1) is 59.3. The van der Waals surface area contributed by atoms with Crippen molar-refractivity contribution >= 4 is 16.5 Å². The van der Waals surface area contributed by atoms with Crippen molar-refractivity contribution in [2.75, 3.05) is 0 Å². The first-order valence-corrected chi connectivity index (χ1v) is 39.2. The first kappa shape index (κ1) is 115. The number of pyridine rings is 1. The summed E-state index contributed by atoms with van der Waals surface area (Å²) < 4.78 is 331. The van der Waals surface area contributed by atoms with Crippen LogP contribution >= 0.6 is 0 Å². The van der Waals surface area contributed by atoms with Crippen LogP contribution in [0, 0.1) is 209 Å². The van der Waals surface area contributed by atoms with Gasteiger partial charge >= 0.3 is 0 Å². The largest absolute Gasteiger partial charge is 0.259 e. The van der Waals surface area contributed by atoms with Gasteiger partial charge in [-0.2, -0.15) is 26.3 Å². The molecular weight excluding hydrogens is 1760 g/mol. The number of hydrogen-bond acceptors (Lipinski definition) is 6. The van der Waals surface area contributed by atoms with Gasteiger partial charge in [0.05, 0.1) is 45.7 Å². The highest BCUT2D eigenvalue weighted by atomic mass is 19.2. The lowest BCUT2D eigenvalue weighted by Crippen LogP contribution is -2.20. The van der Waals surface area contributed by atoms with Crippen molar-refractivity contribution in [2.24, 2.45) is 0 Å². The summed E-state index contributed by atoms with van der Waals surface area (Å²) in [5.74, 6) is -35.4. The van der Waals surface area contributed by atoms with Crippen LogP contribution in [0.15, 0.2) is 91.1 Å². The van der Waals surface area contributed by atoms with Crippen molar-refractivity contribution in [3.8, 4) is 30.3 Å². The zero-order valence-electron chi connectivity index (χ0n) is 76.7. The second kappa shape index (κ2) is 44.5. The average Bonchev–Trinajstić information content (AvgIpc) is 0.728. The van der Waals surface area contributed by atoms with Crippen LogP contribution < -0.4 is 0 Å². The first-order valence-electron chi connectivity index (χ1n) is 39.2. The predicted molar refractivity (Wildman–Crippen MR) is 450 cm³/mol. The van der Waals surface area contributed by atoms with E-state index < -0.39 is 205 Å². The highest BCUT2D eigenvalue weighted by Crippen LogP contribution is 2.41. The minimum Gasteiger partial charge on any atom is -0.259 e. The fourth-order valence-corrected chi connectivity index (χ4v) is 11.7. The van der Waals surface area contributed by atoms with Crippen LogP contribution in [-0.2, 0) is 48.7 Å². The van der Waals surface area contributed by atoms with Crippen LogP contribution in [0.1, 0.15) is 265 Å². The topological polar surface area (TPSA) is 136 Å². The average molecular weight is 1860 g/mol. The molecule has 0 unspecified atom stereocenters. The van der Waals surface area contributed by atoms with E-state index in [4.69, 9.17) is 32.9 Å². The molecule has 702 valence electrons. The molecule has 1 aromatic heterocycles. The van der Waals surface area contributed by atoms with Crippen LogP contribution in [0.5, 0.6) is 0 Å². The van der Waals surface area contributed by atoms with Gasteiger partial charge in [-0.3, -0.25) is 4.98 Å². The Hall–Kier alpha value is -12.4. The van der Waals surface area contributed by atoms with Crippen LogP contribution in [0.2, 0.25) is 0 Å². The summed E-state index contributed by atoms with van der Waals surface area (Å²) in [7, 11) is 0. The zero-order chi connectivity index (χ0) is 102. The van der Waals surface area contributed by atoms with Gasteiger partial charge in [-0.25, -0.2) is 115 Å². The summed E-state index contributed by atoms with van der Waals surface area (Å²) in [4.78, 5) is 7.51.